The van der Waals surface area contributed by atoms with E-state index in [1.165, 1.54) is 19.1 Å². The third-order valence-corrected chi connectivity index (χ3v) is 6.82. The quantitative estimate of drug-likeness (QED) is 0.0947. The molecule has 2 aromatic rings. The Hall–Kier alpha value is -5.02. The summed E-state index contributed by atoms with van der Waals surface area (Å²) in [5.74, 6) is -5.59. The zero-order valence-corrected chi connectivity index (χ0v) is 25.9. The molecule has 46 heavy (non-hydrogen) atoms. The fourth-order valence-electron chi connectivity index (χ4n) is 4.21. The van der Waals surface area contributed by atoms with E-state index < -0.39 is 84.8 Å². The molecule has 0 aliphatic rings. The predicted octanol–water partition coefficient (Wildman–Crippen LogP) is -1.69. The van der Waals surface area contributed by atoms with Crippen LogP contribution < -0.4 is 32.3 Å². The lowest BCUT2D eigenvalue weighted by Crippen LogP contribution is -2.58. The van der Waals surface area contributed by atoms with Crippen molar-refractivity contribution in [2.45, 2.75) is 63.8 Å². The number of nitrogens with one attached hydrogen (secondary N) is 5. The molecule has 5 amide bonds. The number of aliphatic carboxylic acids is 1. The molecule has 0 aliphatic carbocycles. The first-order valence-corrected chi connectivity index (χ1v) is 14.6. The number of hydrogen-bond acceptors (Lipinski definition) is 9. The smallest absolute Gasteiger partial charge is 0.328 e. The van der Waals surface area contributed by atoms with E-state index in [-0.39, 0.29) is 18.6 Å². The summed E-state index contributed by atoms with van der Waals surface area (Å²) in [6, 6.07) is 8.81. The summed E-state index contributed by atoms with van der Waals surface area (Å²) >= 11 is 0. The molecule has 0 saturated heterocycles. The summed E-state index contributed by atoms with van der Waals surface area (Å²) in [5, 5.41) is 40.2. The van der Waals surface area contributed by atoms with E-state index in [2.05, 4.69) is 26.6 Å². The first kappa shape index (κ1) is 37.2. The Morgan fingerprint density at radius 2 is 1.22 bits per heavy atom. The Morgan fingerprint density at radius 1 is 0.696 bits per heavy atom. The van der Waals surface area contributed by atoms with Crippen LogP contribution in [-0.2, 0) is 41.6 Å². The van der Waals surface area contributed by atoms with E-state index in [1.807, 2.05) is 0 Å². The molecule has 0 aliphatic heterocycles. The Labute approximate surface area is 266 Å². The van der Waals surface area contributed by atoms with Crippen molar-refractivity contribution in [3.63, 3.8) is 0 Å². The molecule has 2 rings (SSSR count). The van der Waals surface area contributed by atoms with Gasteiger partial charge >= 0.3 is 5.97 Å². The van der Waals surface area contributed by atoms with Gasteiger partial charge in [-0.3, -0.25) is 24.0 Å². The van der Waals surface area contributed by atoms with Crippen LogP contribution in [0.3, 0.4) is 0 Å². The van der Waals surface area contributed by atoms with Crippen molar-refractivity contribution in [1.82, 2.24) is 26.6 Å². The number of rotatable bonds is 17. The lowest BCUT2D eigenvalue weighted by molar-refractivity contribution is -0.143. The number of aliphatic hydroxyl groups is 1. The molecule has 250 valence electrons. The Bertz CT molecular complexity index is 1350. The number of carbonyl (C=O) groups excluding carboxylic acids is 5. The summed E-state index contributed by atoms with van der Waals surface area (Å²) < 4.78 is 0. The normalized spacial score (nSPS) is 14.1. The van der Waals surface area contributed by atoms with Crippen LogP contribution in [0.4, 0.5) is 0 Å². The van der Waals surface area contributed by atoms with Gasteiger partial charge < -0.3 is 47.6 Å². The molecule has 15 heteroatoms. The second-order valence-corrected chi connectivity index (χ2v) is 11.1. The highest BCUT2D eigenvalue weighted by Gasteiger charge is 2.30. The topological polar surface area (TPSA) is 249 Å². The fraction of sp³-hybridized carbons (Fsp3) is 0.419. The maximum Gasteiger partial charge on any atom is 0.328 e. The van der Waals surface area contributed by atoms with Crippen molar-refractivity contribution >= 4 is 35.5 Å². The van der Waals surface area contributed by atoms with Crippen LogP contribution in [0.1, 0.15) is 31.9 Å². The maximum atomic E-state index is 13.5. The van der Waals surface area contributed by atoms with Gasteiger partial charge in [0, 0.05) is 12.8 Å². The van der Waals surface area contributed by atoms with Crippen molar-refractivity contribution in [3.8, 4) is 5.75 Å². The van der Waals surface area contributed by atoms with Crippen molar-refractivity contribution in [2.24, 2.45) is 11.7 Å². The van der Waals surface area contributed by atoms with Crippen molar-refractivity contribution in [2.75, 3.05) is 13.2 Å². The minimum Gasteiger partial charge on any atom is -0.508 e. The second kappa shape index (κ2) is 18.1. The number of hydrogen-bond donors (Lipinski definition) is 9. The minimum atomic E-state index is -1.57. The van der Waals surface area contributed by atoms with Crippen molar-refractivity contribution in [3.05, 3.63) is 65.7 Å². The van der Waals surface area contributed by atoms with E-state index in [4.69, 9.17) is 10.8 Å². The highest BCUT2D eigenvalue weighted by atomic mass is 16.4. The summed E-state index contributed by atoms with van der Waals surface area (Å²) in [6.07, 6.45) is 0.0479. The number of carbonyl (C=O) groups is 6. The summed E-state index contributed by atoms with van der Waals surface area (Å²) in [4.78, 5) is 75.8. The van der Waals surface area contributed by atoms with E-state index >= 15 is 0 Å². The summed E-state index contributed by atoms with van der Waals surface area (Å²) in [7, 11) is 0. The Balaban J connectivity index is 2.20. The van der Waals surface area contributed by atoms with Crippen molar-refractivity contribution < 1.29 is 44.1 Å². The van der Waals surface area contributed by atoms with Crippen molar-refractivity contribution in [1.29, 1.82) is 0 Å². The minimum absolute atomic E-state index is 0.00981. The molecule has 2 aromatic carbocycles. The molecule has 0 spiro atoms. The van der Waals surface area contributed by atoms with Gasteiger partial charge in [0.05, 0.1) is 19.2 Å². The van der Waals surface area contributed by atoms with Gasteiger partial charge in [-0.25, -0.2) is 4.79 Å². The molecule has 0 bridgehead atoms. The highest BCUT2D eigenvalue weighted by Crippen LogP contribution is 2.12. The molecular formula is C31H42N6O9. The number of amides is 5. The number of carboxylic acids is 1. The molecular weight excluding hydrogens is 600 g/mol. The average molecular weight is 643 g/mol. The third kappa shape index (κ3) is 12.2. The van der Waals surface area contributed by atoms with E-state index in [9.17, 15) is 39.0 Å². The number of benzene rings is 2. The number of phenols is 1. The maximum absolute atomic E-state index is 13.5. The van der Waals surface area contributed by atoms with Gasteiger partial charge in [-0.05, 0) is 36.1 Å². The molecule has 0 aromatic heterocycles. The van der Waals surface area contributed by atoms with Crippen LogP contribution in [0.2, 0.25) is 0 Å². The fourth-order valence-corrected chi connectivity index (χ4v) is 4.21. The first-order valence-electron chi connectivity index (χ1n) is 14.6. The van der Waals surface area contributed by atoms with Crippen LogP contribution in [0.15, 0.2) is 54.6 Å². The zero-order chi connectivity index (χ0) is 34.4. The highest BCUT2D eigenvalue weighted by molar-refractivity contribution is 5.95. The number of nitrogens with two attached hydrogens (primary N) is 1. The van der Waals surface area contributed by atoms with Gasteiger partial charge in [-0.15, -0.1) is 0 Å². The summed E-state index contributed by atoms with van der Waals surface area (Å²) in [6.45, 7) is 3.22. The van der Waals surface area contributed by atoms with Gasteiger partial charge in [0.1, 0.15) is 29.9 Å². The van der Waals surface area contributed by atoms with Gasteiger partial charge in [-0.1, -0.05) is 56.3 Å². The van der Waals surface area contributed by atoms with Crippen LogP contribution in [-0.4, -0.2) is 94.2 Å². The first-order chi connectivity index (χ1) is 21.7. The molecule has 0 heterocycles. The van der Waals surface area contributed by atoms with Gasteiger partial charge in [-0.2, -0.15) is 0 Å². The summed E-state index contributed by atoms with van der Waals surface area (Å²) in [5.41, 5.74) is 7.00. The van der Waals surface area contributed by atoms with Gasteiger partial charge in [0.25, 0.3) is 0 Å². The van der Waals surface area contributed by atoms with E-state index in [0.717, 1.165) is 5.56 Å². The van der Waals surface area contributed by atoms with E-state index in [0.29, 0.717) is 5.56 Å². The van der Waals surface area contributed by atoms with Gasteiger partial charge in [0.15, 0.2) is 0 Å². The standard InChI is InChI=1S/C31H42N6O9/c1-17(2)26(30(44)36-24(16-38)31(45)46)37-25(40)15-33-28(42)22(14-20-9-11-21(39)12-10-20)35-29(43)23(34-27(41)18(3)32)13-19-7-5-4-6-8-19/h4-12,17-18,22-24,26,38-39H,13-16,32H2,1-3H3,(H,33,42)(H,34,41)(H,35,43)(H,36,44)(H,37,40)(H,45,46). The van der Waals surface area contributed by atoms with Crippen LogP contribution >= 0.6 is 0 Å². The predicted molar refractivity (Wildman–Crippen MR) is 166 cm³/mol. The van der Waals surface area contributed by atoms with E-state index in [1.54, 1.807) is 56.3 Å². The lowest BCUT2D eigenvalue weighted by Gasteiger charge is -2.25. The lowest BCUT2D eigenvalue weighted by atomic mass is 10.0. The Morgan fingerprint density at radius 3 is 1.74 bits per heavy atom. The largest absolute Gasteiger partial charge is 0.508 e. The molecule has 0 fully saturated rings. The third-order valence-electron chi connectivity index (χ3n) is 6.82. The zero-order valence-electron chi connectivity index (χ0n) is 25.9. The number of aliphatic hydroxyl groups excluding tert-OH is 1. The van der Waals surface area contributed by atoms with Crippen LogP contribution in [0, 0.1) is 5.92 Å². The molecule has 0 saturated carbocycles. The molecule has 5 unspecified atom stereocenters. The average Bonchev–Trinajstić information content (AvgIpc) is 3.01. The molecule has 0 radical (unpaired) electrons. The van der Waals surface area contributed by atoms with Gasteiger partial charge in [0.2, 0.25) is 29.5 Å². The molecule has 10 N–H and O–H groups in total. The number of carboxylic acid groups (broad SMARTS) is 1. The van der Waals surface area contributed by atoms with Crippen LogP contribution in [0.5, 0.6) is 5.75 Å². The molecule has 15 nitrogen and oxygen atoms in total. The van der Waals surface area contributed by atoms with Crippen LogP contribution in [0.25, 0.3) is 0 Å². The second-order valence-electron chi connectivity index (χ2n) is 11.1. The molecule has 5 atom stereocenters. The number of phenolic OH excluding ortho intramolecular Hbond substituents is 1. The SMILES string of the molecule is CC(N)C(=O)NC(Cc1ccccc1)C(=O)NC(Cc1ccc(O)cc1)C(=O)NCC(=O)NC(C(=O)NC(CO)C(=O)O)C(C)C. The number of aromatic hydroxyl groups is 1. The Kier molecular flexibility index (Phi) is 14.6. The monoisotopic (exact) mass is 642 g/mol.